The van der Waals surface area contributed by atoms with Crippen molar-refractivity contribution in [2.24, 2.45) is 0 Å². The van der Waals surface area contributed by atoms with Gasteiger partial charge in [-0.2, -0.15) is 0 Å². The smallest absolute Gasteiger partial charge is 0.0791 e. The Morgan fingerprint density at radius 1 is 1.00 bits per heavy atom. The molecule has 0 aromatic rings. The summed E-state index contributed by atoms with van der Waals surface area (Å²) in [5.41, 5.74) is 0. The summed E-state index contributed by atoms with van der Waals surface area (Å²) in [4.78, 5) is 7.08. The third kappa shape index (κ3) is 58.3. The van der Waals surface area contributed by atoms with Gasteiger partial charge in [-0.3, -0.25) is 10.5 Å². The normalized spacial score (nSPS) is 6.67. The van der Waals surface area contributed by atoms with Gasteiger partial charge in [-0.1, -0.05) is 0 Å². The van der Waals surface area contributed by atoms with Gasteiger partial charge < -0.3 is 0 Å². The standard InChI is InChI=1S/2C2H6O2.Zn/c2*1-2-4-3;/h2*3H,2H2,1H3;. The molecule has 2 N–H and O–H groups in total. The van der Waals surface area contributed by atoms with Gasteiger partial charge in [0.2, 0.25) is 0 Å². The van der Waals surface area contributed by atoms with E-state index in [0.29, 0.717) is 13.2 Å². The molecular formula is C4H12O4Zn. The molecule has 0 aromatic heterocycles. The van der Waals surface area contributed by atoms with E-state index >= 15 is 0 Å². The van der Waals surface area contributed by atoms with Crippen LogP contribution in [0.4, 0.5) is 0 Å². The summed E-state index contributed by atoms with van der Waals surface area (Å²) in [6, 6.07) is 0. The zero-order valence-corrected chi connectivity index (χ0v) is 8.80. The monoisotopic (exact) mass is 188 g/mol. The second-order valence-electron chi connectivity index (χ2n) is 0.836. The predicted molar refractivity (Wildman–Crippen MR) is 28.5 cm³/mol. The molecule has 0 amide bonds. The molecule has 0 heterocycles. The molecule has 0 bridgehead atoms. The van der Waals surface area contributed by atoms with Gasteiger partial charge in [-0.05, 0) is 13.8 Å². The van der Waals surface area contributed by atoms with E-state index in [-0.39, 0.29) is 19.5 Å². The van der Waals surface area contributed by atoms with Crippen molar-refractivity contribution in [3.8, 4) is 0 Å². The summed E-state index contributed by atoms with van der Waals surface area (Å²) >= 11 is 0. The first-order valence-electron chi connectivity index (χ1n) is 2.36. The van der Waals surface area contributed by atoms with E-state index in [2.05, 4.69) is 9.78 Å². The van der Waals surface area contributed by atoms with Gasteiger partial charge in [-0.15, -0.1) is 0 Å². The Bertz CT molecular complexity index is 20.5. The maximum absolute atomic E-state index is 7.38. The number of rotatable bonds is 2. The van der Waals surface area contributed by atoms with Gasteiger partial charge in [0.05, 0.1) is 13.2 Å². The Hall–Kier alpha value is 0.463. The molecule has 0 radical (unpaired) electrons. The van der Waals surface area contributed by atoms with E-state index in [9.17, 15) is 0 Å². The summed E-state index contributed by atoms with van der Waals surface area (Å²) in [6.07, 6.45) is 0. The molecule has 0 saturated heterocycles. The summed E-state index contributed by atoms with van der Waals surface area (Å²) in [7, 11) is 0. The maximum atomic E-state index is 7.38. The van der Waals surface area contributed by atoms with Crippen molar-refractivity contribution in [3.63, 3.8) is 0 Å². The van der Waals surface area contributed by atoms with Crippen LogP contribution in [0, 0.1) is 0 Å². The average Bonchev–Trinajstić information content (AvgIpc) is 1.88. The van der Waals surface area contributed by atoms with Crippen molar-refractivity contribution < 1.29 is 39.8 Å². The van der Waals surface area contributed by atoms with Crippen LogP contribution in [0.15, 0.2) is 0 Å². The molecule has 0 unspecified atom stereocenters. The fourth-order valence-electron chi connectivity index (χ4n) is 0. The Morgan fingerprint density at radius 3 is 1.11 bits per heavy atom. The van der Waals surface area contributed by atoms with Crippen LogP contribution < -0.4 is 0 Å². The van der Waals surface area contributed by atoms with Gasteiger partial charge in [0, 0.05) is 19.5 Å². The second-order valence-corrected chi connectivity index (χ2v) is 0.836. The van der Waals surface area contributed by atoms with Gasteiger partial charge in [-0.25, -0.2) is 9.78 Å². The van der Waals surface area contributed by atoms with Crippen molar-refractivity contribution in [2.75, 3.05) is 13.2 Å². The van der Waals surface area contributed by atoms with E-state index in [0.717, 1.165) is 0 Å². The van der Waals surface area contributed by atoms with Crippen LogP contribution in [0.3, 0.4) is 0 Å². The van der Waals surface area contributed by atoms with Crippen molar-refractivity contribution in [3.05, 3.63) is 0 Å². The van der Waals surface area contributed by atoms with E-state index in [4.69, 9.17) is 10.5 Å². The van der Waals surface area contributed by atoms with Crippen molar-refractivity contribution >= 4 is 0 Å². The largest absolute Gasteiger partial charge is 0.252 e. The molecule has 0 aliphatic heterocycles. The van der Waals surface area contributed by atoms with Crippen molar-refractivity contribution in [1.29, 1.82) is 0 Å². The molecule has 54 valence electrons. The Labute approximate surface area is 67.4 Å². The van der Waals surface area contributed by atoms with E-state index < -0.39 is 0 Å². The fourth-order valence-corrected chi connectivity index (χ4v) is 0. The van der Waals surface area contributed by atoms with Crippen LogP contribution in [-0.2, 0) is 29.3 Å². The van der Waals surface area contributed by atoms with Gasteiger partial charge in [0.1, 0.15) is 0 Å². The number of hydrogen-bond donors (Lipinski definition) is 2. The fraction of sp³-hybridized carbons (Fsp3) is 1.00. The third-order valence-corrected chi connectivity index (χ3v) is 0.258. The second kappa shape index (κ2) is 23.7. The molecule has 0 aliphatic carbocycles. The first kappa shape index (κ1) is 16.2. The molecule has 0 aromatic carbocycles. The minimum Gasteiger partial charge on any atom is -0.252 e. The SMILES string of the molecule is CCOO.CCOO.[Zn]. The van der Waals surface area contributed by atoms with Gasteiger partial charge >= 0.3 is 0 Å². The van der Waals surface area contributed by atoms with Crippen molar-refractivity contribution in [1.82, 2.24) is 0 Å². The van der Waals surface area contributed by atoms with Crippen LogP contribution >= 0.6 is 0 Å². The topological polar surface area (TPSA) is 58.9 Å². The quantitative estimate of drug-likeness (QED) is 0.386. The first-order valence-corrected chi connectivity index (χ1v) is 2.36. The molecule has 0 atom stereocenters. The summed E-state index contributed by atoms with van der Waals surface area (Å²) in [6.45, 7) is 4.17. The molecule has 0 saturated carbocycles. The summed E-state index contributed by atoms with van der Waals surface area (Å²) in [5.74, 6) is 0. The van der Waals surface area contributed by atoms with E-state index in [1.54, 1.807) is 13.8 Å². The van der Waals surface area contributed by atoms with Crippen molar-refractivity contribution in [2.45, 2.75) is 13.8 Å². The molecule has 0 aliphatic rings. The van der Waals surface area contributed by atoms with E-state index in [1.165, 1.54) is 0 Å². The minimum atomic E-state index is 0. The van der Waals surface area contributed by atoms with Crippen LogP contribution in [0.1, 0.15) is 13.8 Å². The molecule has 5 heteroatoms. The molecular weight excluding hydrogens is 177 g/mol. The van der Waals surface area contributed by atoms with Crippen LogP contribution in [0.25, 0.3) is 0 Å². The van der Waals surface area contributed by atoms with Crippen LogP contribution in [0.2, 0.25) is 0 Å². The molecule has 4 nitrogen and oxygen atoms in total. The molecule has 0 rings (SSSR count). The Balaban J connectivity index is -0.0000000720. The number of hydrogen-bond acceptors (Lipinski definition) is 4. The third-order valence-electron chi connectivity index (χ3n) is 0.258. The molecule has 0 spiro atoms. The van der Waals surface area contributed by atoms with Crippen LogP contribution in [0.5, 0.6) is 0 Å². The van der Waals surface area contributed by atoms with Crippen LogP contribution in [-0.4, -0.2) is 23.7 Å². The summed E-state index contributed by atoms with van der Waals surface area (Å²) in [5, 5.41) is 14.8. The average molecular weight is 190 g/mol. The molecule has 0 fully saturated rings. The zero-order chi connectivity index (χ0) is 6.83. The Morgan fingerprint density at radius 2 is 1.11 bits per heavy atom. The maximum Gasteiger partial charge on any atom is 0.0791 e. The summed E-state index contributed by atoms with van der Waals surface area (Å²) < 4.78 is 0. The molecule has 9 heavy (non-hydrogen) atoms. The zero-order valence-electron chi connectivity index (χ0n) is 5.83. The Kier molecular flexibility index (Phi) is 42.7. The van der Waals surface area contributed by atoms with Gasteiger partial charge in [0.15, 0.2) is 0 Å². The minimum absolute atomic E-state index is 0. The first-order chi connectivity index (χ1) is 3.83. The van der Waals surface area contributed by atoms with E-state index in [1.807, 2.05) is 0 Å². The predicted octanol–water partition coefficient (Wildman–Crippen LogP) is 0.989. The van der Waals surface area contributed by atoms with Gasteiger partial charge in [0.25, 0.3) is 0 Å².